The van der Waals surface area contributed by atoms with Crippen molar-refractivity contribution in [2.45, 2.75) is 26.8 Å². The Hall–Kier alpha value is -1.36. The van der Waals surface area contributed by atoms with E-state index in [0.717, 1.165) is 0 Å². The van der Waals surface area contributed by atoms with Gasteiger partial charge in [-0.1, -0.05) is 12.1 Å². The highest BCUT2D eigenvalue weighted by Gasteiger charge is 2.29. The van der Waals surface area contributed by atoms with Gasteiger partial charge >= 0.3 is 0 Å². The van der Waals surface area contributed by atoms with E-state index < -0.39 is 5.41 Å². The van der Waals surface area contributed by atoms with Crippen LogP contribution in [0.25, 0.3) is 0 Å². The fourth-order valence-electron chi connectivity index (χ4n) is 1.11. The zero-order valence-electron chi connectivity index (χ0n) is 9.12. The van der Waals surface area contributed by atoms with Crippen LogP contribution in [0.2, 0.25) is 0 Å². The Labute approximate surface area is 89.0 Å². The molecule has 5 nitrogen and oxygen atoms in total. The molecule has 3 N–H and O–H groups in total. The van der Waals surface area contributed by atoms with Gasteiger partial charge < -0.3 is 15.6 Å². The van der Waals surface area contributed by atoms with Gasteiger partial charge in [0.1, 0.15) is 12.0 Å². The van der Waals surface area contributed by atoms with E-state index in [9.17, 15) is 4.79 Å². The second kappa shape index (κ2) is 4.93. The van der Waals surface area contributed by atoms with Crippen molar-refractivity contribution in [2.24, 2.45) is 11.1 Å². The fraction of sp³-hybridized carbons (Fsp3) is 0.600. The molecule has 15 heavy (non-hydrogen) atoms. The van der Waals surface area contributed by atoms with Crippen LogP contribution in [0.15, 0.2) is 16.9 Å². The summed E-state index contributed by atoms with van der Waals surface area (Å²) in [7, 11) is 0. The lowest BCUT2D eigenvalue weighted by Gasteiger charge is -2.24. The topological polar surface area (TPSA) is 81.2 Å². The summed E-state index contributed by atoms with van der Waals surface area (Å²) in [4.78, 5) is 11.8. The third kappa shape index (κ3) is 2.79. The normalized spacial score (nSPS) is 14.6. The number of hydrogen-bond donors (Lipinski definition) is 2. The molecule has 1 aromatic rings. The van der Waals surface area contributed by atoms with E-state index in [1.54, 1.807) is 6.07 Å². The molecule has 0 aromatic carbocycles. The van der Waals surface area contributed by atoms with Gasteiger partial charge in [0.25, 0.3) is 0 Å². The second-order valence-corrected chi connectivity index (χ2v) is 3.79. The molecule has 0 radical (unpaired) electrons. The maximum absolute atomic E-state index is 11.8. The van der Waals surface area contributed by atoms with Crippen LogP contribution in [-0.2, 0) is 11.3 Å². The van der Waals surface area contributed by atoms with Crippen molar-refractivity contribution in [1.82, 2.24) is 10.5 Å². The molecule has 1 rings (SSSR count). The van der Waals surface area contributed by atoms with Gasteiger partial charge in [0.15, 0.2) is 0 Å². The molecule has 0 aliphatic carbocycles. The Balaban J connectivity index is 2.48. The van der Waals surface area contributed by atoms with E-state index in [0.29, 0.717) is 25.2 Å². The summed E-state index contributed by atoms with van der Waals surface area (Å²) in [6.45, 7) is 4.52. The molecule has 1 heterocycles. The first-order valence-corrected chi connectivity index (χ1v) is 5.00. The van der Waals surface area contributed by atoms with E-state index >= 15 is 0 Å². The summed E-state index contributed by atoms with van der Waals surface area (Å²) >= 11 is 0. The maximum atomic E-state index is 11.8. The quantitative estimate of drug-likeness (QED) is 0.750. The van der Waals surface area contributed by atoms with E-state index in [1.165, 1.54) is 6.26 Å². The van der Waals surface area contributed by atoms with Gasteiger partial charge in [0.05, 0.1) is 12.0 Å². The van der Waals surface area contributed by atoms with Crippen LogP contribution in [0.3, 0.4) is 0 Å². The summed E-state index contributed by atoms with van der Waals surface area (Å²) in [6, 6.07) is 1.71. The minimum Gasteiger partial charge on any atom is -0.364 e. The lowest BCUT2D eigenvalue weighted by molar-refractivity contribution is -0.130. The number of amides is 1. The molecule has 1 amide bonds. The predicted octanol–water partition coefficient (Wildman–Crippen LogP) is 0.666. The summed E-state index contributed by atoms with van der Waals surface area (Å²) in [6.07, 6.45) is 2.19. The van der Waals surface area contributed by atoms with Gasteiger partial charge in [-0.3, -0.25) is 4.79 Å². The number of nitrogens with two attached hydrogens (primary N) is 1. The van der Waals surface area contributed by atoms with E-state index in [-0.39, 0.29) is 5.91 Å². The molecule has 1 unspecified atom stereocenters. The second-order valence-electron chi connectivity index (χ2n) is 3.79. The average Bonchev–Trinajstić information content (AvgIpc) is 2.77. The van der Waals surface area contributed by atoms with Gasteiger partial charge in [-0.2, -0.15) is 0 Å². The summed E-state index contributed by atoms with van der Waals surface area (Å²) in [5.74, 6) is -0.0458. The van der Waals surface area contributed by atoms with Crippen molar-refractivity contribution >= 4 is 5.91 Å². The monoisotopic (exact) mass is 211 g/mol. The van der Waals surface area contributed by atoms with Crippen molar-refractivity contribution < 1.29 is 9.32 Å². The van der Waals surface area contributed by atoms with Crippen LogP contribution in [0, 0.1) is 5.41 Å². The third-order valence-corrected chi connectivity index (χ3v) is 2.70. The van der Waals surface area contributed by atoms with Crippen LogP contribution < -0.4 is 11.1 Å². The predicted molar refractivity (Wildman–Crippen MR) is 55.8 cm³/mol. The van der Waals surface area contributed by atoms with Crippen LogP contribution in [-0.4, -0.2) is 17.6 Å². The fourth-order valence-corrected chi connectivity index (χ4v) is 1.11. The Morgan fingerprint density at radius 1 is 1.73 bits per heavy atom. The highest BCUT2D eigenvalue weighted by atomic mass is 16.5. The maximum Gasteiger partial charge on any atom is 0.227 e. The Bertz CT molecular complexity index is 304. The molecule has 0 spiro atoms. The number of carbonyl (C=O) groups excluding carboxylic acids is 1. The van der Waals surface area contributed by atoms with Gasteiger partial charge in [-0.25, -0.2) is 0 Å². The highest BCUT2D eigenvalue weighted by Crippen LogP contribution is 2.19. The molecule has 1 aromatic heterocycles. The first kappa shape index (κ1) is 11.7. The zero-order valence-corrected chi connectivity index (χ0v) is 9.12. The van der Waals surface area contributed by atoms with Crippen LogP contribution in [0.5, 0.6) is 0 Å². The Kier molecular flexibility index (Phi) is 3.85. The largest absolute Gasteiger partial charge is 0.364 e. The minimum atomic E-state index is -0.496. The Morgan fingerprint density at radius 3 is 2.93 bits per heavy atom. The molecule has 5 heteroatoms. The number of nitrogens with one attached hydrogen (secondary N) is 1. The Morgan fingerprint density at radius 2 is 2.47 bits per heavy atom. The molecule has 0 fully saturated rings. The van der Waals surface area contributed by atoms with Gasteiger partial charge in [-0.05, 0) is 13.3 Å². The molecular weight excluding hydrogens is 194 g/mol. The zero-order chi connectivity index (χ0) is 11.3. The number of rotatable bonds is 5. The molecular formula is C10H17N3O2. The van der Waals surface area contributed by atoms with Crippen LogP contribution in [0.1, 0.15) is 26.0 Å². The molecule has 0 bridgehead atoms. The first-order chi connectivity index (χ1) is 7.12. The average molecular weight is 211 g/mol. The van der Waals surface area contributed by atoms with Crippen molar-refractivity contribution in [3.05, 3.63) is 18.0 Å². The van der Waals surface area contributed by atoms with Crippen LogP contribution >= 0.6 is 0 Å². The number of carbonyl (C=O) groups is 1. The third-order valence-electron chi connectivity index (χ3n) is 2.70. The van der Waals surface area contributed by atoms with Gasteiger partial charge in [0.2, 0.25) is 5.91 Å². The number of nitrogens with zero attached hydrogens (tertiary/aromatic N) is 1. The molecule has 0 saturated carbocycles. The standard InChI is InChI=1S/C10H17N3O2/c1-3-10(2,7-11)9(14)12-6-8-4-5-15-13-8/h4-5H,3,6-7,11H2,1-2H3,(H,12,14). The van der Waals surface area contributed by atoms with Crippen molar-refractivity contribution in [3.8, 4) is 0 Å². The van der Waals surface area contributed by atoms with E-state index in [2.05, 4.69) is 15.0 Å². The molecule has 0 aliphatic rings. The lowest BCUT2D eigenvalue weighted by Crippen LogP contribution is -2.43. The molecule has 0 aliphatic heterocycles. The van der Waals surface area contributed by atoms with Crippen molar-refractivity contribution in [2.75, 3.05) is 6.54 Å². The van der Waals surface area contributed by atoms with Gasteiger partial charge in [0, 0.05) is 12.6 Å². The van der Waals surface area contributed by atoms with Crippen molar-refractivity contribution in [1.29, 1.82) is 0 Å². The van der Waals surface area contributed by atoms with Crippen molar-refractivity contribution in [3.63, 3.8) is 0 Å². The lowest BCUT2D eigenvalue weighted by atomic mass is 9.87. The van der Waals surface area contributed by atoms with Crippen LogP contribution in [0.4, 0.5) is 0 Å². The molecule has 84 valence electrons. The minimum absolute atomic E-state index is 0.0458. The highest BCUT2D eigenvalue weighted by molar-refractivity contribution is 5.82. The smallest absolute Gasteiger partial charge is 0.227 e. The van der Waals surface area contributed by atoms with E-state index in [4.69, 9.17) is 5.73 Å². The summed E-state index contributed by atoms with van der Waals surface area (Å²) in [5, 5.41) is 6.49. The first-order valence-electron chi connectivity index (χ1n) is 5.00. The number of aromatic nitrogens is 1. The number of hydrogen-bond acceptors (Lipinski definition) is 4. The van der Waals surface area contributed by atoms with Gasteiger partial charge in [-0.15, -0.1) is 0 Å². The molecule has 0 saturated heterocycles. The molecule has 1 atom stereocenters. The SMILES string of the molecule is CCC(C)(CN)C(=O)NCc1ccon1. The summed E-state index contributed by atoms with van der Waals surface area (Å²) < 4.78 is 4.66. The van der Waals surface area contributed by atoms with E-state index in [1.807, 2.05) is 13.8 Å². The summed E-state index contributed by atoms with van der Waals surface area (Å²) in [5.41, 5.74) is 5.78.